The molecule has 34 heavy (non-hydrogen) atoms. The molecule has 5 nitrogen and oxygen atoms in total. The molecule has 0 unspecified atom stereocenters. The Morgan fingerprint density at radius 2 is 1.65 bits per heavy atom. The topological polar surface area (TPSA) is 72.2 Å². The summed E-state index contributed by atoms with van der Waals surface area (Å²) in [5.41, 5.74) is 4.34. The SMILES string of the molecule is Cc1ccc([S@](=O)Cc2nc(-c3ccc(C(=O)NC[C@H](C)c4ccccc4)cc3)oc2C)cc1. The molecule has 174 valence electrons. The largest absolute Gasteiger partial charge is 0.441 e. The van der Waals surface area contributed by atoms with E-state index in [9.17, 15) is 9.00 Å². The highest BCUT2D eigenvalue weighted by Gasteiger charge is 2.16. The number of amides is 1. The van der Waals surface area contributed by atoms with Gasteiger partial charge in [0.2, 0.25) is 5.89 Å². The zero-order valence-corrected chi connectivity index (χ0v) is 20.4. The molecule has 0 saturated heterocycles. The first-order chi connectivity index (χ1) is 16.4. The predicted molar refractivity (Wildman–Crippen MR) is 135 cm³/mol. The van der Waals surface area contributed by atoms with Gasteiger partial charge in [-0.15, -0.1) is 0 Å². The highest BCUT2D eigenvalue weighted by molar-refractivity contribution is 7.84. The van der Waals surface area contributed by atoms with Gasteiger partial charge in [-0.3, -0.25) is 9.00 Å². The maximum absolute atomic E-state index is 12.7. The van der Waals surface area contributed by atoms with Crippen molar-refractivity contribution in [2.24, 2.45) is 0 Å². The minimum absolute atomic E-state index is 0.118. The molecule has 1 aromatic heterocycles. The molecule has 4 aromatic rings. The van der Waals surface area contributed by atoms with Crippen LogP contribution in [0.15, 0.2) is 88.2 Å². The van der Waals surface area contributed by atoms with E-state index in [1.54, 1.807) is 12.1 Å². The number of nitrogens with zero attached hydrogens (tertiary/aromatic N) is 1. The van der Waals surface area contributed by atoms with E-state index in [0.29, 0.717) is 35.2 Å². The van der Waals surface area contributed by atoms with E-state index in [4.69, 9.17) is 4.42 Å². The summed E-state index contributed by atoms with van der Waals surface area (Å²) in [4.78, 5) is 17.9. The quantitative estimate of drug-likeness (QED) is 0.352. The highest BCUT2D eigenvalue weighted by atomic mass is 32.2. The van der Waals surface area contributed by atoms with E-state index < -0.39 is 10.8 Å². The van der Waals surface area contributed by atoms with Crippen molar-refractivity contribution in [3.05, 3.63) is 107 Å². The lowest BCUT2D eigenvalue weighted by Crippen LogP contribution is -2.27. The van der Waals surface area contributed by atoms with E-state index in [0.717, 1.165) is 16.0 Å². The fourth-order valence-corrected chi connectivity index (χ4v) is 4.72. The number of hydrogen-bond acceptors (Lipinski definition) is 4. The molecule has 0 aliphatic carbocycles. The Hall–Kier alpha value is -3.51. The van der Waals surface area contributed by atoms with E-state index in [2.05, 4.69) is 29.4 Å². The number of benzene rings is 3. The fraction of sp³-hybridized carbons (Fsp3) is 0.214. The second kappa shape index (κ2) is 10.6. The second-order valence-corrected chi connectivity index (χ2v) is 9.88. The third-order valence-electron chi connectivity index (χ3n) is 5.78. The Morgan fingerprint density at radius 3 is 2.32 bits per heavy atom. The van der Waals surface area contributed by atoms with Gasteiger partial charge in [0.15, 0.2) is 0 Å². The van der Waals surface area contributed by atoms with Gasteiger partial charge in [-0.2, -0.15) is 0 Å². The van der Waals surface area contributed by atoms with Crippen LogP contribution in [0, 0.1) is 13.8 Å². The summed E-state index contributed by atoms with van der Waals surface area (Å²) in [7, 11) is -1.20. The van der Waals surface area contributed by atoms with Crippen LogP contribution in [0.3, 0.4) is 0 Å². The summed E-state index contributed by atoms with van der Waals surface area (Å²) in [6.45, 7) is 6.48. The van der Waals surface area contributed by atoms with E-state index in [-0.39, 0.29) is 11.8 Å². The zero-order chi connectivity index (χ0) is 24.1. The number of carbonyl (C=O) groups excluding carboxylic acids is 1. The van der Waals surface area contributed by atoms with Crippen LogP contribution >= 0.6 is 0 Å². The van der Waals surface area contributed by atoms with Gasteiger partial charge in [0.05, 0.1) is 22.2 Å². The molecule has 0 radical (unpaired) electrons. The Kier molecular flexibility index (Phi) is 7.38. The van der Waals surface area contributed by atoms with Gasteiger partial charge in [0.25, 0.3) is 5.91 Å². The number of hydrogen-bond donors (Lipinski definition) is 1. The van der Waals surface area contributed by atoms with Gasteiger partial charge in [0.1, 0.15) is 5.76 Å². The second-order valence-electron chi connectivity index (χ2n) is 8.42. The summed E-state index contributed by atoms with van der Waals surface area (Å²) in [5.74, 6) is 1.50. The molecule has 0 saturated carbocycles. The number of aryl methyl sites for hydroxylation is 2. The van der Waals surface area contributed by atoms with Crippen molar-refractivity contribution in [2.45, 2.75) is 37.3 Å². The minimum Gasteiger partial charge on any atom is -0.441 e. The fourth-order valence-electron chi connectivity index (χ4n) is 3.59. The molecular formula is C28H28N2O3S. The summed E-state index contributed by atoms with van der Waals surface area (Å²) >= 11 is 0. The molecule has 1 N–H and O–H groups in total. The Bertz CT molecular complexity index is 1280. The molecule has 4 rings (SSSR count). The van der Waals surface area contributed by atoms with Crippen LogP contribution in [0.5, 0.6) is 0 Å². The summed E-state index contributed by atoms with van der Waals surface area (Å²) in [6, 6.07) is 25.0. The monoisotopic (exact) mass is 472 g/mol. The van der Waals surface area contributed by atoms with Crippen molar-refractivity contribution >= 4 is 16.7 Å². The number of oxazole rings is 1. The van der Waals surface area contributed by atoms with Gasteiger partial charge in [-0.05, 0) is 61.7 Å². The molecule has 2 atom stereocenters. The van der Waals surface area contributed by atoms with Crippen LogP contribution in [-0.2, 0) is 16.6 Å². The molecule has 1 heterocycles. The van der Waals surface area contributed by atoms with E-state index in [1.165, 1.54) is 5.56 Å². The first-order valence-electron chi connectivity index (χ1n) is 11.3. The first-order valence-corrected chi connectivity index (χ1v) is 12.6. The number of rotatable bonds is 8. The third kappa shape index (κ3) is 5.69. The number of aromatic nitrogens is 1. The zero-order valence-electron chi connectivity index (χ0n) is 19.6. The lowest BCUT2D eigenvalue weighted by molar-refractivity contribution is 0.0951. The average molecular weight is 473 g/mol. The number of carbonyl (C=O) groups is 1. The normalized spacial score (nSPS) is 12.8. The van der Waals surface area contributed by atoms with Gasteiger partial charge in [-0.1, -0.05) is 55.0 Å². The summed E-state index contributed by atoms with van der Waals surface area (Å²) in [6.07, 6.45) is 0. The van der Waals surface area contributed by atoms with Gasteiger partial charge in [0, 0.05) is 22.6 Å². The average Bonchev–Trinajstić information content (AvgIpc) is 3.23. The Labute approximate surface area is 202 Å². The Balaban J connectivity index is 1.39. The Morgan fingerprint density at radius 1 is 0.971 bits per heavy atom. The highest BCUT2D eigenvalue weighted by Crippen LogP contribution is 2.24. The molecule has 6 heteroatoms. The molecule has 0 spiro atoms. The number of nitrogens with one attached hydrogen (secondary N) is 1. The standard InChI is InChI=1S/C28H28N2O3S/c1-19-9-15-25(16-10-19)34(32)18-26-21(3)33-28(30-26)24-13-11-23(12-14-24)27(31)29-17-20(2)22-7-5-4-6-8-22/h4-16,20H,17-18H2,1-3H3,(H,29,31)/t20-,34+/m0/s1. The van der Waals surface area contributed by atoms with Crippen molar-refractivity contribution in [3.63, 3.8) is 0 Å². The third-order valence-corrected chi connectivity index (χ3v) is 7.11. The molecule has 0 bridgehead atoms. The van der Waals surface area contributed by atoms with Crippen LogP contribution in [0.25, 0.3) is 11.5 Å². The molecule has 3 aromatic carbocycles. The van der Waals surface area contributed by atoms with Crippen molar-refractivity contribution < 1.29 is 13.4 Å². The molecule has 1 amide bonds. The smallest absolute Gasteiger partial charge is 0.251 e. The van der Waals surface area contributed by atoms with Gasteiger partial charge < -0.3 is 9.73 Å². The molecular weight excluding hydrogens is 444 g/mol. The van der Waals surface area contributed by atoms with Crippen molar-refractivity contribution in [1.29, 1.82) is 0 Å². The van der Waals surface area contributed by atoms with Crippen LogP contribution in [0.2, 0.25) is 0 Å². The molecule has 0 aliphatic rings. The van der Waals surface area contributed by atoms with Crippen molar-refractivity contribution in [3.8, 4) is 11.5 Å². The maximum Gasteiger partial charge on any atom is 0.251 e. The van der Waals surface area contributed by atoms with Crippen LogP contribution in [0.1, 0.15) is 45.8 Å². The van der Waals surface area contributed by atoms with Crippen LogP contribution in [0.4, 0.5) is 0 Å². The van der Waals surface area contributed by atoms with Crippen molar-refractivity contribution in [1.82, 2.24) is 10.3 Å². The van der Waals surface area contributed by atoms with Crippen LogP contribution < -0.4 is 5.32 Å². The summed E-state index contributed by atoms with van der Waals surface area (Å²) in [5, 5.41) is 3.00. The molecule has 0 fully saturated rings. The van der Waals surface area contributed by atoms with Gasteiger partial charge in [-0.25, -0.2) is 4.98 Å². The van der Waals surface area contributed by atoms with Crippen LogP contribution in [-0.4, -0.2) is 21.6 Å². The van der Waals surface area contributed by atoms with E-state index >= 15 is 0 Å². The predicted octanol–water partition coefficient (Wildman–Crippen LogP) is 5.80. The summed E-state index contributed by atoms with van der Waals surface area (Å²) < 4.78 is 18.6. The minimum atomic E-state index is -1.20. The maximum atomic E-state index is 12.7. The van der Waals surface area contributed by atoms with Crippen molar-refractivity contribution in [2.75, 3.05) is 6.54 Å². The van der Waals surface area contributed by atoms with Gasteiger partial charge >= 0.3 is 0 Å². The first kappa shape index (κ1) is 23.6. The molecule has 0 aliphatic heterocycles. The lowest BCUT2D eigenvalue weighted by Gasteiger charge is -2.13. The van der Waals surface area contributed by atoms with E-state index in [1.807, 2.05) is 68.4 Å². The lowest BCUT2D eigenvalue weighted by atomic mass is 10.0.